The lowest BCUT2D eigenvalue weighted by Crippen LogP contribution is -2.41. The smallest absolute Gasteiger partial charge is 0.399 e. The van der Waals surface area contributed by atoms with Gasteiger partial charge in [0.25, 0.3) is 10.0 Å². The van der Waals surface area contributed by atoms with E-state index < -0.39 is 28.3 Å². The Kier molecular flexibility index (Phi) is 4.50. The van der Waals surface area contributed by atoms with Crippen LogP contribution in [0.2, 0.25) is 0 Å². The summed E-state index contributed by atoms with van der Waals surface area (Å²) in [5.41, 5.74) is 2.36. The van der Waals surface area contributed by atoms with Crippen molar-refractivity contribution in [3.8, 4) is 0 Å². The molecule has 2 aliphatic rings. The lowest BCUT2D eigenvalue weighted by Gasteiger charge is -2.32. The molecule has 5 nitrogen and oxygen atoms in total. The number of nitrogens with zero attached hydrogens (tertiary/aromatic N) is 1. The van der Waals surface area contributed by atoms with E-state index in [1.54, 1.807) is 16.1 Å². The third kappa shape index (κ3) is 3.17. The van der Waals surface area contributed by atoms with Gasteiger partial charge in [-0.1, -0.05) is 35.9 Å². The average molecular weight is 437 g/mol. The third-order valence-corrected chi connectivity index (χ3v) is 8.66. The minimum absolute atomic E-state index is 0.182. The van der Waals surface area contributed by atoms with Gasteiger partial charge in [-0.05, 0) is 65.7 Å². The zero-order chi connectivity index (χ0) is 22.2. The molecule has 2 heterocycles. The normalized spacial score (nSPS) is 20.5. The molecule has 0 amide bonds. The van der Waals surface area contributed by atoms with Crippen LogP contribution >= 0.6 is 0 Å². The highest BCUT2D eigenvalue weighted by atomic mass is 32.2. The van der Waals surface area contributed by atoms with Crippen molar-refractivity contribution in [3.63, 3.8) is 0 Å². The maximum Gasteiger partial charge on any atom is 0.497 e. The number of para-hydroxylation sites is 1. The fourth-order valence-electron chi connectivity index (χ4n) is 4.28. The Morgan fingerprint density at radius 1 is 0.935 bits per heavy atom. The molecule has 0 atom stereocenters. The van der Waals surface area contributed by atoms with Crippen molar-refractivity contribution in [2.24, 2.45) is 0 Å². The van der Waals surface area contributed by atoms with Gasteiger partial charge in [-0.15, -0.1) is 0 Å². The molecule has 3 aromatic rings. The Morgan fingerprint density at radius 3 is 2.10 bits per heavy atom. The molecule has 2 fully saturated rings. The van der Waals surface area contributed by atoms with E-state index in [4.69, 9.17) is 9.31 Å². The summed E-state index contributed by atoms with van der Waals surface area (Å²) in [6.07, 6.45) is 1.93. The van der Waals surface area contributed by atoms with Gasteiger partial charge in [-0.3, -0.25) is 0 Å². The standard InChI is InChI=1S/C24H28BNO4S/c1-16-10-14-18(15-11-16)31(27,28)26-20-9-7-6-8-19(20)21(22(26)17-12-13-17)25-29-23(2,3)24(4,5)30-25/h6-11,14-15,17H,12-13H2,1-5H3. The Labute approximate surface area is 184 Å². The lowest BCUT2D eigenvalue weighted by atomic mass is 9.76. The molecule has 1 saturated heterocycles. The zero-order valence-electron chi connectivity index (χ0n) is 18.7. The summed E-state index contributed by atoms with van der Waals surface area (Å²) in [4.78, 5) is 0.293. The van der Waals surface area contributed by atoms with E-state index in [0.29, 0.717) is 10.4 Å². The first-order valence-corrected chi connectivity index (χ1v) is 12.3. The van der Waals surface area contributed by atoms with Crippen LogP contribution < -0.4 is 5.46 Å². The van der Waals surface area contributed by atoms with Crippen molar-refractivity contribution in [1.82, 2.24) is 3.97 Å². The zero-order valence-corrected chi connectivity index (χ0v) is 19.5. The Bertz CT molecular complexity index is 1250. The van der Waals surface area contributed by atoms with Gasteiger partial charge in [0.2, 0.25) is 0 Å². The summed E-state index contributed by atoms with van der Waals surface area (Å²) in [7, 11) is -4.39. The van der Waals surface area contributed by atoms with Gasteiger partial charge >= 0.3 is 7.12 Å². The summed E-state index contributed by atoms with van der Waals surface area (Å²) < 4.78 is 42.1. The number of aryl methyl sites for hydroxylation is 1. The second-order valence-corrected chi connectivity index (χ2v) is 11.5. The van der Waals surface area contributed by atoms with Gasteiger partial charge in [0.05, 0.1) is 21.6 Å². The molecule has 2 aromatic carbocycles. The van der Waals surface area contributed by atoms with Gasteiger partial charge in [0, 0.05) is 22.5 Å². The predicted molar refractivity (Wildman–Crippen MR) is 123 cm³/mol. The summed E-state index contributed by atoms with van der Waals surface area (Å²) in [6, 6.07) is 14.7. The molecule has 31 heavy (non-hydrogen) atoms. The highest BCUT2D eigenvalue weighted by Gasteiger charge is 2.54. The molecule has 162 valence electrons. The van der Waals surface area contributed by atoms with Gasteiger partial charge in [-0.2, -0.15) is 0 Å². The van der Waals surface area contributed by atoms with Gasteiger partial charge < -0.3 is 9.31 Å². The quantitative estimate of drug-likeness (QED) is 0.569. The van der Waals surface area contributed by atoms with E-state index >= 15 is 0 Å². The van der Waals surface area contributed by atoms with Gasteiger partial charge in [0.1, 0.15) is 0 Å². The minimum Gasteiger partial charge on any atom is -0.399 e. The Balaban J connectivity index is 1.78. The van der Waals surface area contributed by atoms with Crippen LogP contribution in [0.4, 0.5) is 0 Å². The van der Waals surface area contributed by atoms with Crippen LogP contribution in [0.5, 0.6) is 0 Å². The molecule has 1 saturated carbocycles. The van der Waals surface area contributed by atoms with Gasteiger partial charge in [-0.25, -0.2) is 12.4 Å². The number of hydrogen-bond acceptors (Lipinski definition) is 4. The van der Waals surface area contributed by atoms with Crippen LogP contribution in [0.1, 0.15) is 57.7 Å². The van der Waals surface area contributed by atoms with Crippen molar-refractivity contribution >= 4 is 33.5 Å². The topological polar surface area (TPSA) is 57.5 Å². The van der Waals surface area contributed by atoms with E-state index in [1.165, 1.54) is 0 Å². The van der Waals surface area contributed by atoms with E-state index in [-0.39, 0.29) is 5.92 Å². The first-order valence-electron chi connectivity index (χ1n) is 10.8. The van der Waals surface area contributed by atoms with Gasteiger partial charge in [0.15, 0.2) is 0 Å². The number of fused-ring (bicyclic) bond motifs is 1. The molecule has 0 radical (unpaired) electrons. The van der Waals surface area contributed by atoms with Crippen LogP contribution in [-0.2, 0) is 19.3 Å². The van der Waals surface area contributed by atoms with Crippen molar-refractivity contribution < 1.29 is 17.7 Å². The molecule has 0 spiro atoms. The molecule has 0 bridgehead atoms. The number of hydrogen-bond donors (Lipinski definition) is 0. The maximum atomic E-state index is 13.9. The predicted octanol–water partition coefficient (Wildman–Crippen LogP) is 4.36. The molecule has 5 rings (SSSR count). The molecule has 0 unspecified atom stereocenters. The maximum absolute atomic E-state index is 13.9. The number of aromatic nitrogens is 1. The summed E-state index contributed by atoms with van der Waals surface area (Å²) >= 11 is 0. The van der Waals surface area contributed by atoms with Crippen molar-refractivity contribution in [1.29, 1.82) is 0 Å². The van der Waals surface area contributed by atoms with E-state index in [0.717, 1.165) is 34.9 Å². The summed E-state index contributed by atoms with van der Waals surface area (Å²) in [6.45, 7) is 10.0. The highest BCUT2D eigenvalue weighted by molar-refractivity contribution is 7.90. The molecular formula is C24H28BNO4S. The van der Waals surface area contributed by atoms with Crippen LogP contribution in [0.25, 0.3) is 10.9 Å². The molecule has 1 aliphatic carbocycles. The van der Waals surface area contributed by atoms with Crippen LogP contribution in [0, 0.1) is 6.92 Å². The van der Waals surface area contributed by atoms with Crippen LogP contribution in [0.3, 0.4) is 0 Å². The highest BCUT2D eigenvalue weighted by Crippen LogP contribution is 2.45. The molecule has 1 aromatic heterocycles. The van der Waals surface area contributed by atoms with Crippen molar-refractivity contribution in [2.45, 2.75) is 69.5 Å². The van der Waals surface area contributed by atoms with E-state index in [2.05, 4.69) is 0 Å². The molecule has 1 aliphatic heterocycles. The Hall–Kier alpha value is -2.09. The largest absolute Gasteiger partial charge is 0.497 e. The molecule has 7 heteroatoms. The number of benzene rings is 2. The molecular weight excluding hydrogens is 409 g/mol. The first-order chi connectivity index (χ1) is 14.5. The monoisotopic (exact) mass is 437 g/mol. The SMILES string of the molecule is Cc1ccc(S(=O)(=O)n2c(C3CC3)c(B3OC(C)(C)C(C)(C)O3)c3ccccc32)cc1. The van der Waals surface area contributed by atoms with E-state index in [1.807, 2.05) is 71.0 Å². The second kappa shape index (κ2) is 6.71. The lowest BCUT2D eigenvalue weighted by molar-refractivity contribution is 0.00578. The summed E-state index contributed by atoms with van der Waals surface area (Å²) in [5, 5.41) is 0.874. The first kappa shape index (κ1) is 20.8. The molecule has 0 N–H and O–H groups in total. The van der Waals surface area contributed by atoms with Crippen molar-refractivity contribution in [3.05, 3.63) is 59.8 Å². The number of rotatable bonds is 4. The summed E-state index contributed by atoms with van der Waals surface area (Å²) in [5.74, 6) is 0.182. The second-order valence-electron chi connectivity index (χ2n) is 9.76. The third-order valence-electron chi connectivity index (χ3n) is 6.92. The average Bonchev–Trinajstić information content (AvgIpc) is 3.43. The Morgan fingerprint density at radius 2 is 1.52 bits per heavy atom. The fraction of sp³-hybridized carbons (Fsp3) is 0.417. The minimum atomic E-state index is -3.78. The fourth-order valence-corrected chi connectivity index (χ4v) is 5.90. The van der Waals surface area contributed by atoms with Crippen LogP contribution in [-0.4, -0.2) is 30.7 Å². The van der Waals surface area contributed by atoms with Crippen LogP contribution in [0.15, 0.2) is 53.4 Å². The van der Waals surface area contributed by atoms with Crippen molar-refractivity contribution in [2.75, 3.05) is 0 Å². The van der Waals surface area contributed by atoms with E-state index in [9.17, 15) is 8.42 Å².